The molecular formula is C39H69NO4Si2. The molecule has 3 aliphatic rings. The van der Waals surface area contributed by atoms with Gasteiger partial charge in [0.15, 0.2) is 22.4 Å². The van der Waals surface area contributed by atoms with Crippen LogP contribution in [0.4, 0.5) is 0 Å². The molecule has 0 radical (unpaired) electrons. The normalized spacial score (nSPS) is 30.1. The van der Waals surface area contributed by atoms with Crippen molar-refractivity contribution in [1.29, 1.82) is 0 Å². The first-order chi connectivity index (χ1) is 20.7. The minimum atomic E-state index is -2.38. The van der Waals surface area contributed by atoms with Crippen LogP contribution in [0.5, 0.6) is 0 Å². The Morgan fingerprint density at radius 3 is 2.11 bits per heavy atom. The second-order valence-electron chi connectivity index (χ2n) is 18.7. The monoisotopic (exact) mass is 671 g/mol. The highest BCUT2D eigenvalue weighted by Gasteiger charge is 2.54. The molecule has 3 aliphatic carbocycles. The summed E-state index contributed by atoms with van der Waals surface area (Å²) in [6.45, 7) is 39.9. The zero-order valence-corrected chi connectivity index (χ0v) is 34.6. The largest absolute Gasteiger partial charge is 0.410 e. The van der Waals surface area contributed by atoms with Gasteiger partial charge in [-0.05, 0) is 112 Å². The van der Waals surface area contributed by atoms with Crippen molar-refractivity contribution in [1.82, 2.24) is 5.06 Å². The Morgan fingerprint density at radius 2 is 1.61 bits per heavy atom. The minimum absolute atomic E-state index is 0.0240. The van der Waals surface area contributed by atoms with Gasteiger partial charge in [-0.25, -0.2) is 9.90 Å². The number of carbonyl (C=O) groups is 1. The van der Waals surface area contributed by atoms with Gasteiger partial charge in [-0.3, -0.25) is 4.79 Å². The number of hydrogen-bond donors (Lipinski definition) is 0. The Hall–Kier alpha value is -1.26. The summed E-state index contributed by atoms with van der Waals surface area (Å²) in [6.07, 6.45) is 13.8. The molecule has 4 atom stereocenters. The molecule has 0 spiro atoms. The molecule has 0 aromatic heterocycles. The van der Waals surface area contributed by atoms with Crippen molar-refractivity contribution < 1.29 is 18.5 Å². The van der Waals surface area contributed by atoms with Crippen molar-refractivity contribution in [2.45, 2.75) is 182 Å². The van der Waals surface area contributed by atoms with Crippen LogP contribution in [0.1, 0.15) is 128 Å². The first-order valence-electron chi connectivity index (χ1n) is 17.9. The standard InChI is InChI=1S/C39H69NO4Si2/c1-18-32-23-24-33-30(20-19-25-38(32,33)13)21-22-31-26-39(44-46(16,17)37(10,11)12,43-40(29(3)41)35(4,5)6)27-34(28(31)2)42-45(14,15)36(7,8)9/h21-23,33-34H,2,18-20,24-27H2,1,3-17H3/t33-,34+,38-,39-/m1/s1. The average Bonchev–Trinajstić information content (AvgIpc) is 3.22. The van der Waals surface area contributed by atoms with Gasteiger partial charge in [-0.2, -0.15) is 0 Å². The van der Waals surface area contributed by atoms with Crippen LogP contribution in [0.3, 0.4) is 0 Å². The van der Waals surface area contributed by atoms with Crippen LogP contribution in [0.2, 0.25) is 36.3 Å². The van der Waals surface area contributed by atoms with Crippen LogP contribution in [-0.2, 0) is 18.5 Å². The summed E-state index contributed by atoms with van der Waals surface area (Å²) >= 11 is 0. The lowest BCUT2D eigenvalue weighted by atomic mass is 9.64. The molecule has 0 aliphatic heterocycles. The molecule has 3 rings (SSSR count). The van der Waals surface area contributed by atoms with Gasteiger partial charge in [-0.15, -0.1) is 0 Å². The zero-order valence-electron chi connectivity index (χ0n) is 32.6. The lowest BCUT2D eigenvalue weighted by Gasteiger charge is -2.52. The summed E-state index contributed by atoms with van der Waals surface area (Å²) < 4.78 is 14.6. The molecule has 262 valence electrons. The highest BCUT2D eigenvalue weighted by atomic mass is 28.4. The molecule has 46 heavy (non-hydrogen) atoms. The fourth-order valence-corrected chi connectivity index (χ4v) is 9.90. The third-order valence-corrected chi connectivity index (χ3v) is 21.0. The number of rotatable bonds is 8. The number of nitrogens with zero attached hydrogens (tertiary/aromatic N) is 1. The number of hydroxylamine groups is 2. The number of allylic oxidation sites excluding steroid dienone is 5. The van der Waals surface area contributed by atoms with Crippen molar-refractivity contribution in [2.24, 2.45) is 11.3 Å². The van der Waals surface area contributed by atoms with Gasteiger partial charge >= 0.3 is 0 Å². The van der Waals surface area contributed by atoms with Gasteiger partial charge in [-0.1, -0.05) is 91.3 Å². The van der Waals surface area contributed by atoms with Crippen molar-refractivity contribution in [2.75, 3.05) is 0 Å². The molecule has 5 nitrogen and oxygen atoms in total. The summed E-state index contributed by atoms with van der Waals surface area (Å²) in [5.74, 6) is -0.652. The average molecular weight is 672 g/mol. The molecule has 0 heterocycles. The minimum Gasteiger partial charge on any atom is -0.410 e. The smallest absolute Gasteiger partial charge is 0.243 e. The van der Waals surface area contributed by atoms with E-state index in [1.807, 2.05) is 20.8 Å². The molecule has 0 aromatic rings. The Kier molecular flexibility index (Phi) is 11.3. The van der Waals surface area contributed by atoms with E-state index in [0.717, 1.165) is 30.4 Å². The molecule has 0 N–H and O–H groups in total. The van der Waals surface area contributed by atoms with E-state index < -0.39 is 28.0 Å². The van der Waals surface area contributed by atoms with Crippen LogP contribution >= 0.6 is 0 Å². The van der Waals surface area contributed by atoms with Crippen LogP contribution in [0, 0.1) is 11.3 Å². The van der Waals surface area contributed by atoms with Crippen LogP contribution < -0.4 is 0 Å². The SMILES string of the molecule is C=C1C(=CC=C2CCC[C@]3(C)C(CC)=CC[C@H]23)C[C@@](ON(C(C)=O)C(C)(C)C)(O[Si](C)(C)C(C)(C)C)C[C@@H]1O[Si](C)(C)C(C)(C)C. The Balaban J connectivity index is 2.20. The maximum Gasteiger partial charge on any atom is 0.243 e. The van der Waals surface area contributed by atoms with Gasteiger partial charge in [0.1, 0.15) is 0 Å². The maximum atomic E-state index is 13.2. The van der Waals surface area contributed by atoms with E-state index in [4.69, 9.17) is 20.3 Å². The molecule has 2 fully saturated rings. The summed E-state index contributed by atoms with van der Waals surface area (Å²) in [4.78, 5) is 20.1. The molecule has 0 aromatic carbocycles. The van der Waals surface area contributed by atoms with Crippen molar-refractivity contribution in [3.05, 3.63) is 47.1 Å². The van der Waals surface area contributed by atoms with Crippen LogP contribution in [0.15, 0.2) is 47.1 Å². The zero-order chi connectivity index (χ0) is 35.3. The third-order valence-electron chi connectivity index (χ3n) is 12.0. The van der Waals surface area contributed by atoms with Gasteiger partial charge in [0.25, 0.3) is 0 Å². The molecule has 2 saturated carbocycles. The third kappa shape index (κ3) is 8.13. The Bertz CT molecular complexity index is 1260. The molecule has 0 saturated heterocycles. The number of amides is 1. The number of fused-ring (bicyclic) bond motifs is 1. The van der Waals surface area contributed by atoms with Crippen molar-refractivity contribution in [3.8, 4) is 0 Å². The van der Waals surface area contributed by atoms with Crippen LogP contribution in [-0.4, -0.2) is 45.0 Å². The first kappa shape index (κ1) is 39.2. The molecule has 0 bridgehead atoms. The number of carbonyl (C=O) groups excluding carboxylic acids is 1. The quantitative estimate of drug-likeness (QED) is 0.111. The van der Waals surface area contributed by atoms with Gasteiger partial charge in [0.2, 0.25) is 5.91 Å². The summed E-state index contributed by atoms with van der Waals surface area (Å²) in [7, 11) is -4.59. The van der Waals surface area contributed by atoms with E-state index in [2.05, 4.69) is 99.8 Å². The van der Waals surface area contributed by atoms with E-state index in [1.54, 1.807) is 12.5 Å². The highest BCUT2D eigenvalue weighted by Crippen LogP contribution is 2.56. The van der Waals surface area contributed by atoms with Gasteiger partial charge in [0.05, 0.1) is 11.6 Å². The van der Waals surface area contributed by atoms with Crippen LogP contribution in [0.25, 0.3) is 0 Å². The van der Waals surface area contributed by atoms with Crippen molar-refractivity contribution >= 4 is 22.5 Å². The van der Waals surface area contributed by atoms with E-state index >= 15 is 0 Å². The van der Waals surface area contributed by atoms with E-state index in [1.165, 1.54) is 23.5 Å². The fourth-order valence-electron chi connectivity index (χ4n) is 7.19. The van der Waals surface area contributed by atoms with Gasteiger partial charge < -0.3 is 8.85 Å². The Labute approximate surface area is 285 Å². The second kappa shape index (κ2) is 13.2. The predicted molar refractivity (Wildman–Crippen MR) is 199 cm³/mol. The lowest BCUT2D eigenvalue weighted by molar-refractivity contribution is -0.337. The summed E-state index contributed by atoms with van der Waals surface area (Å²) in [5, 5.41) is 1.51. The highest BCUT2D eigenvalue weighted by molar-refractivity contribution is 6.74. The molecule has 0 unspecified atom stereocenters. The fraction of sp³-hybridized carbons (Fsp3) is 0.769. The summed E-state index contributed by atoms with van der Waals surface area (Å²) in [6, 6.07) is 0. The van der Waals surface area contributed by atoms with E-state index in [-0.39, 0.29) is 27.5 Å². The molecular weight excluding hydrogens is 603 g/mol. The maximum absolute atomic E-state index is 13.2. The van der Waals surface area contributed by atoms with Gasteiger partial charge in [0, 0.05) is 19.8 Å². The topological polar surface area (TPSA) is 48.0 Å². The summed E-state index contributed by atoms with van der Waals surface area (Å²) in [5.41, 5.74) is 5.00. The number of hydrogen-bond acceptors (Lipinski definition) is 4. The Morgan fingerprint density at radius 1 is 1.02 bits per heavy atom. The first-order valence-corrected chi connectivity index (χ1v) is 23.7. The predicted octanol–water partition coefficient (Wildman–Crippen LogP) is 11.4. The molecule has 7 heteroatoms. The molecule has 1 amide bonds. The lowest BCUT2D eigenvalue weighted by Crippen LogP contribution is -2.60. The second-order valence-corrected chi connectivity index (χ2v) is 28.2. The van der Waals surface area contributed by atoms with E-state index in [9.17, 15) is 4.79 Å². The van der Waals surface area contributed by atoms with E-state index in [0.29, 0.717) is 18.8 Å². The van der Waals surface area contributed by atoms with Crippen molar-refractivity contribution in [3.63, 3.8) is 0 Å².